The second-order valence-corrected chi connectivity index (χ2v) is 5.22. The Kier molecular flexibility index (Phi) is 3.91. The lowest BCUT2D eigenvalue weighted by molar-refractivity contribution is 0.306. The van der Waals surface area contributed by atoms with Gasteiger partial charge in [0.1, 0.15) is 0 Å². The van der Waals surface area contributed by atoms with E-state index in [4.69, 9.17) is 5.73 Å². The lowest BCUT2D eigenvalue weighted by Gasteiger charge is -2.26. The average Bonchev–Trinajstić information content (AvgIpc) is 2.60. The van der Waals surface area contributed by atoms with Gasteiger partial charge in [0.25, 0.3) is 0 Å². The minimum atomic E-state index is 0.195. The summed E-state index contributed by atoms with van der Waals surface area (Å²) >= 11 is 0. The summed E-state index contributed by atoms with van der Waals surface area (Å²) in [6.45, 7) is 9.59. The number of nitrogens with zero attached hydrogens (tertiary/aromatic N) is 2. The summed E-state index contributed by atoms with van der Waals surface area (Å²) in [7, 11) is 0. The van der Waals surface area contributed by atoms with E-state index in [-0.39, 0.29) is 11.5 Å². The Balaban J connectivity index is 2.43. The highest BCUT2D eigenvalue weighted by Gasteiger charge is 2.20. The monoisotopic (exact) mass is 209 g/mol. The molecule has 0 aliphatic rings. The zero-order valence-corrected chi connectivity index (χ0v) is 10.3. The van der Waals surface area contributed by atoms with Crippen LogP contribution in [-0.2, 0) is 13.0 Å². The summed E-state index contributed by atoms with van der Waals surface area (Å²) in [5.74, 6) is 0. The van der Waals surface area contributed by atoms with Crippen LogP contribution in [0.1, 0.15) is 39.7 Å². The predicted octanol–water partition coefficient (Wildman–Crippen LogP) is 2.21. The van der Waals surface area contributed by atoms with Crippen molar-refractivity contribution in [2.45, 2.75) is 53.1 Å². The van der Waals surface area contributed by atoms with Gasteiger partial charge in [-0.2, -0.15) is 5.10 Å². The van der Waals surface area contributed by atoms with Crippen molar-refractivity contribution in [1.82, 2.24) is 9.78 Å². The molecule has 0 saturated heterocycles. The highest BCUT2D eigenvalue weighted by Crippen LogP contribution is 2.21. The summed E-state index contributed by atoms with van der Waals surface area (Å²) in [6, 6.07) is 0.252. The first kappa shape index (κ1) is 12.2. The fraction of sp³-hybridized carbons (Fsp3) is 0.750. The molecule has 1 atom stereocenters. The second-order valence-electron chi connectivity index (χ2n) is 5.22. The van der Waals surface area contributed by atoms with Gasteiger partial charge < -0.3 is 5.73 Å². The van der Waals surface area contributed by atoms with Crippen LogP contribution in [0.5, 0.6) is 0 Å². The van der Waals surface area contributed by atoms with Crippen LogP contribution in [0.25, 0.3) is 0 Å². The van der Waals surface area contributed by atoms with Crippen molar-refractivity contribution in [2.75, 3.05) is 0 Å². The Morgan fingerprint density at radius 3 is 2.60 bits per heavy atom. The quantitative estimate of drug-likeness (QED) is 0.826. The Morgan fingerprint density at radius 1 is 1.47 bits per heavy atom. The molecule has 0 aliphatic carbocycles. The average molecular weight is 209 g/mol. The summed E-state index contributed by atoms with van der Waals surface area (Å²) in [5, 5.41) is 4.25. The van der Waals surface area contributed by atoms with E-state index in [0.717, 1.165) is 19.4 Å². The van der Waals surface area contributed by atoms with Gasteiger partial charge in [0.05, 0.1) is 6.20 Å². The van der Waals surface area contributed by atoms with E-state index in [2.05, 4.69) is 39.0 Å². The zero-order valence-electron chi connectivity index (χ0n) is 10.3. The van der Waals surface area contributed by atoms with Gasteiger partial charge in [-0.05, 0) is 30.7 Å². The van der Waals surface area contributed by atoms with Crippen molar-refractivity contribution in [3.8, 4) is 0 Å². The van der Waals surface area contributed by atoms with Crippen molar-refractivity contribution in [2.24, 2.45) is 11.1 Å². The van der Waals surface area contributed by atoms with Gasteiger partial charge in [-0.15, -0.1) is 0 Å². The van der Waals surface area contributed by atoms with Gasteiger partial charge in [0.15, 0.2) is 0 Å². The number of hydrogen-bond donors (Lipinski definition) is 1. The largest absolute Gasteiger partial charge is 0.327 e. The van der Waals surface area contributed by atoms with Crippen LogP contribution in [0.4, 0.5) is 0 Å². The molecular formula is C12H23N3. The molecule has 1 aromatic heterocycles. The normalized spacial score (nSPS) is 14.2. The third-order valence-corrected chi connectivity index (χ3v) is 2.87. The van der Waals surface area contributed by atoms with Crippen molar-refractivity contribution in [1.29, 1.82) is 0 Å². The van der Waals surface area contributed by atoms with Gasteiger partial charge in [-0.1, -0.05) is 20.8 Å². The molecule has 0 amide bonds. The Labute approximate surface area is 92.7 Å². The molecule has 1 heterocycles. The summed E-state index contributed by atoms with van der Waals surface area (Å²) in [5.41, 5.74) is 7.59. The lowest BCUT2D eigenvalue weighted by Crippen LogP contribution is -2.35. The molecule has 0 spiro atoms. The third kappa shape index (κ3) is 3.67. The molecule has 0 aliphatic heterocycles. The van der Waals surface area contributed by atoms with Gasteiger partial charge >= 0.3 is 0 Å². The molecule has 3 heteroatoms. The van der Waals surface area contributed by atoms with E-state index in [9.17, 15) is 0 Å². The minimum Gasteiger partial charge on any atom is -0.327 e. The fourth-order valence-electron chi connectivity index (χ4n) is 1.46. The van der Waals surface area contributed by atoms with E-state index in [1.807, 2.05) is 10.9 Å². The van der Waals surface area contributed by atoms with E-state index in [0.29, 0.717) is 0 Å². The maximum absolute atomic E-state index is 6.11. The van der Waals surface area contributed by atoms with E-state index >= 15 is 0 Å². The van der Waals surface area contributed by atoms with Crippen molar-refractivity contribution in [3.63, 3.8) is 0 Å². The van der Waals surface area contributed by atoms with Crippen molar-refractivity contribution >= 4 is 0 Å². The molecule has 15 heavy (non-hydrogen) atoms. The van der Waals surface area contributed by atoms with Crippen LogP contribution in [0.3, 0.4) is 0 Å². The first-order valence-corrected chi connectivity index (χ1v) is 5.70. The molecule has 1 unspecified atom stereocenters. The first-order chi connectivity index (χ1) is 6.93. The number of nitrogens with two attached hydrogens (primary N) is 1. The standard InChI is InChI=1S/C12H23N3/c1-5-15-9-10(8-14-15)6-7-11(13)12(2,3)4/h8-9,11H,5-7,13H2,1-4H3. The first-order valence-electron chi connectivity index (χ1n) is 5.70. The Hall–Kier alpha value is -0.830. The molecule has 0 bridgehead atoms. The maximum Gasteiger partial charge on any atom is 0.0521 e. The third-order valence-electron chi connectivity index (χ3n) is 2.87. The van der Waals surface area contributed by atoms with Gasteiger partial charge in [-0.3, -0.25) is 4.68 Å². The molecule has 2 N–H and O–H groups in total. The van der Waals surface area contributed by atoms with Crippen LogP contribution in [0.2, 0.25) is 0 Å². The minimum absolute atomic E-state index is 0.195. The highest BCUT2D eigenvalue weighted by molar-refractivity contribution is 5.04. The zero-order chi connectivity index (χ0) is 11.5. The predicted molar refractivity (Wildman–Crippen MR) is 63.7 cm³/mol. The number of hydrogen-bond acceptors (Lipinski definition) is 2. The van der Waals surface area contributed by atoms with Crippen molar-refractivity contribution in [3.05, 3.63) is 18.0 Å². The van der Waals surface area contributed by atoms with Crippen LogP contribution in [0, 0.1) is 5.41 Å². The van der Waals surface area contributed by atoms with E-state index in [1.54, 1.807) is 0 Å². The lowest BCUT2D eigenvalue weighted by atomic mass is 9.84. The van der Waals surface area contributed by atoms with E-state index < -0.39 is 0 Å². The molecule has 1 rings (SSSR count). The maximum atomic E-state index is 6.11. The number of aromatic nitrogens is 2. The molecule has 0 radical (unpaired) electrons. The van der Waals surface area contributed by atoms with Crippen LogP contribution in [0.15, 0.2) is 12.4 Å². The Morgan fingerprint density at radius 2 is 2.13 bits per heavy atom. The summed E-state index contributed by atoms with van der Waals surface area (Å²) in [4.78, 5) is 0. The molecular weight excluding hydrogens is 186 g/mol. The fourth-order valence-corrected chi connectivity index (χ4v) is 1.46. The van der Waals surface area contributed by atoms with E-state index in [1.165, 1.54) is 5.56 Å². The topological polar surface area (TPSA) is 43.8 Å². The number of rotatable bonds is 4. The van der Waals surface area contributed by atoms with Crippen molar-refractivity contribution < 1.29 is 0 Å². The van der Waals surface area contributed by atoms with Crippen LogP contribution >= 0.6 is 0 Å². The van der Waals surface area contributed by atoms with Crippen LogP contribution in [-0.4, -0.2) is 15.8 Å². The van der Waals surface area contributed by atoms with Gasteiger partial charge in [0.2, 0.25) is 0 Å². The van der Waals surface area contributed by atoms with Gasteiger partial charge in [-0.25, -0.2) is 0 Å². The number of aryl methyl sites for hydroxylation is 2. The SMILES string of the molecule is CCn1cc(CCC(N)C(C)(C)C)cn1. The molecule has 0 fully saturated rings. The van der Waals surface area contributed by atoms with Gasteiger partial charge in [0, 0.05) is 18.8 Å². The van der Waals surface area contributed by atoms with Crippen LogP contribution < -0.4 is 5.73 Å². The molecule has 0 saturated carbocycles. The smallest absolute Gasteiger partial charge is 0.0521 e. The molecule has 3 nitrogen and oxygen atoms in total. The summed E-state index contributed by atoms with van der Waals surface area (Å²) < 4.78 is 1.96. The summed E-state index contributed by atoms with van der Waals surface area (Å²) in [6.07, 6.45) is 6.10. The molecule has 0 aromatic carbocycles. The highest BCUT2D eigenvalue weighted by atomic mass is 15.3. The molecule has 86 valence electrons. The Bertz CT molecular complexity index is 296. The second kappa shape index (κ2) is 4.79. The molecule has 1 aromatic rings.